The van der Waals surface area contributed by atoms with E-state index in [4.69, 9.17) is 9.31 Å². The van der Waals surface area contributed by atoms with Crippen molar-refractivity contribution in [3.63, 3.8) is 0 Å². The van der Waals surface area contributed by atoms with Gasteiger partial charge in [0, 0.05) is 5.56 Å². The Morgan fingerprint density at radius 3 is 2.34 bits per heavy atom. The van der Waals surface area contributed by atoms with E-state index in [-0.39, 0.29) is 18.0 Å². The lowest BCUT2D eigenvalue weighted by molar-refractivity contribution is -0.172. The van der Waals surface area contributed by atoms with Gasteiger partial charge in [-0.2, -0.15) is 0 Å². The van der Waals surface area contributed by atoms with Gasteiger partial charge < -0.3 is 35.3 Å². The van der Waals surface area contributed by atoms with Gasteiger partial charge in [-0.3, -0.25) is 14.4 Å². The van der Waals surface area contributed by atoms with Crippen molar-refractivity contribution < 1.29 is 43.8 Å². The summed E-state index contributed by atoms with van der Waals surface area (Å²) in [6, 6.07) is 12.6. The molecule has 3 unspecified atom stereocenters. The number of carbonyl (C=O) groups excluding carboxylic acids is 3. The fourth-order valence-electron chi connectivity index (χ4n) is 3.89. The molecule has 0 radical (unpaired) electrons. The Kier molecular flexibility index (Phi) is 9.56. The number of nitrogens with zero attached hydrogens (tertiary/aromatic N) is 1. The number of carboxylic acid groups (broad SMARTS) is 1. The number of aromatic nitrogens is 1. The summed E-state index contributed by atoms with van der Waals surface area (Å²) < 4.78 is 10.3. The molecule has 202 valence electrons. The van der Waals surface area contributed by atoms with Crippen molar-refractivity contribution in [3.05, 3.63) is 54.2 Å². The van der Waals surface area contributed by atoms with Crippen molar-refractivity contribution in [1.29, 1.82) is 0 Å². The molecule has 1 aromatic carbocycles. The van der Waals surface area contributed by atoms with Crippen LogP contribution >= 0.6 is 0 Å². The number of pyridine rings is 1. The van der Waals surface area contributed by atoms with Gasteiger partial charge in [-0.1, -0.05) is 50.2 Å². The first kappa shape index (κ1) is 28.8. The topological polar surface area (TPSA) is 184 Å². The molecule has 12 nitrogen and oxygen atoms in total. The molecule has 2 heterocycles. The maximum absolute atomic E-state index is 13.2. The van der Waals surface area contributed by atoms with Gasteiger partial charge in [0.05, 0.1) is 17.7 Å². The van der Waals surface area contributed by atoms with Crippen LogP contribution in [0, 0.1) is 5.92 Å². The summed E-state index contributed by atoms with van der Waals surface area (Å²) in [6.07, 6.45) is -5.06. The summed E-state index contributed by atoms with van der Waals surface area (Å²) in [5.41, 5.74) is 1.35. The number of amides is 2. The predicted molar refractivity (Wildman–Crippen MR) is 134 cm³/mol. The van der Waals surface area contributed by atoms with E-state index in [1.807, 2.05) is 44.2 Å². The number of nitrogens with one attached hydrogen (secondary N) is 2. The first-order chi connectivity index (χ1) is 18.0. The first-order valence-electron chi connectivity index (χ1n) is 12.1. The van der Waals surface area contributed by atoms with Crippen LogP contribution in [0.3, 0.4) is 0 Å². The maximum Gasteiger partial charge on any atom is 0.552 e. The smallest absolute Gasteiger partial charge is 0.506 e. The molecule has 5 N–H and O–H groups in total. The van der Waals surface area contributed by atoms with Crippen molar-refractivity contribution in [3.8, 4) is 11.3 Å². The molecular formula is C25H30BN3O9. The van der Waals surface area contributed by atoms with Crippen LogP contribution in [0.4, 0.5) is 0 Å². The number of hydrogen-bond donors (Lipinski definition) is 5. The van der Waals surface area contributed by atoms with Gasteiger partial charge in [0.2, 0.25) is 5.91 Å². The molecule has 13 heteroatoms. The molecular weight excluding hydrogens is 497 g/mol. The lowest BCUT2D eigenvalue weighted by Gasteiger charge is -2.34. The third-order valence-corrected chi connectivity index (χ3v) is 5.77. The maximum atomic E-state index is 13.2. The average molecular weight is 527 g/mol. The summed E-state index contributed by atoms with van der Waals surface area (Å²) in [4.78, 5) is 53.9. The Bertz CT molecular complexity index is 1160. The van der Waals surface area contributed by atoms with Crippen molar-refractivity contribution in [1.82, 2.24) is 15.6 Å². The van der Waals surface area contributed by atoms with Gasteiger partial charge in [0.1, 0.15) is 11.7 Å². The quantitative estimate of drug-likeness (QED) is 0.267. The monoisotopic (exact) mass is 527 g/mol. The van der Waals surface area contributed by atoms with Crippen molar-refractivity contribution >= 4 is 30.9 Å². The normalized spacial score (nSPS) is 19.7. The Labute approximate surface area is 219 Å². The molecule has 1 saturated heterocycles. The van der Waals surface area contributed by atoms with E-state index in [2.05, 4.69) is 15.6 Å². The number of carbonyl (C=O) groups is 4. The lowest BCUT2D eigenvalue weighted by Crippen LogP contribution is -2.63. The Hall–Kier alpha value is -3.81. The number of aliphatic hydroxyl groups is 2. The fraction of sp³-hybridized carbons (Fsp3) is 0.400. The van der Waals surface area contributed by atoms with Crippen LogP contribution in [0.25, 0.3) is 11.3 Å². The van der Waals surface area contributed by atoms with Gasteiger partial charge in [-0.15, -0.1) is 0 Å². The second-order valence-electron chi connectivity index (χ2n) is 9.36. The number of hydrogen-bond acceptors (Lipinski definition) is 9. The molecule has 3 rings (SSSR count). The second kappa shape index (κ2) is 12.6. The highest BCUT2D eigenvalue weighted by Gasteiger charge is 2.49. The van der Waals surface area contributed by atoms with Crippen LogP contribution in [-0.4, -0.2) is 81.5 Å². The zero-order valence-electron chi connectivity index (χ0n) is 21.1. The minimum Gasteiger partial charge on any atom is -0.506 e. The molecule has 1 aliphatic rings. The summed E-state index contributed by atoms with van der Waals surface area (Å²) in [5, 5.41) is 34.4. The van der Waals surface area contributed by atoms with Crippen LogP contribution in [-0.2, 0) is 23.7 Å². The third kappa shape index (κ3) is 7.15. The second-order valence-corrected chi connectivity index (χ2v) is 9.36. The van der Waals surface area contributed by atoms with E-state index >= 15 is 0 Å². The Morgan fingerprint density at radius 1 is 1.05 bits per heavy atom. The van der Waals surface area contributed by atoms with Crippen molar-refractivity contribution in [2.24, 2.45) is 5.92 Å². The van der Waals surface area contributed by atoms with Crippen LogP contribution in [0.5, 0.6) is 0 Å². The molecule has 0 spiro atoms. The molecule has 1 aromatic heterocycles. The summed E-state index contributed by atoms with van der Waals surface area (Å²) in [7, 11) is -1.52. The van der Waals surface area contributed by atoms with Gasteiger partial charge in [-0.05, 0) is 31.4 Å². The van der Waals surface area contributed by atoms with Crippen LogP contribution in [0.2, 0.25) is 0 Å². The van der Waals surface area contributed by atoms with Crippen molar-refractivity contribution in [2.45, 2.75) is 57.5 Å². The minimum atomic E-state index is -2.03. The molecule has 2 amide bonds. The fourth-order valence-corrected chi connectivity index (χ4v) is 3.89. The Morgan fingerprint density at radius 2 is 1.74 bits per heavy atom. The third-order valence-electron chi connectivity index (χ3n) is 5.77. The Balaban J connectivity index is 1.77. The molecule has 1 aliphatic heterocycles. The molecule has 0 bridgehead atoms. The highest BCUT2D eigenvalue weighted by atomic mass is 16.7. The number of aliphatic hydroxyl groups excluding tert-OH is 2. The van der Waals surface area contributed by atoms with E-state index in [1.165, 1.54) is 13.0 Å². The lowest BCUT2D eigenvalue weighted by atomic mass is 9.72. The molecule has 38 heavy (non-hydrogen) atoms. The number of carboxylic acids is 1. The molecule has 5 atom stereocenters. The predicted octanol–water partition coefficient (Wildman–Crippen LogP) is 0.174. The highest BCUT2D eigenvalue weighted by Crippen LogP contribution is 2.19. The van der Waals surface area contributed by atoms with Crippen molar-refractivity contribution in [2.75, 3.05) is 0 Å². The zero-order chi connectivity index (χ0) is 28.0. The average Bonchev–Trinajstić information content (AvgIpc) is 2.88. The summed E-state index contributed by atoms with van der Waals surface area (Å²) in [6.45, 7) is 4.93. The minimum absolute atomic E-state index is 0.0198. The van der Waals surface area contributed by atoms with E-state index < -0.39 is 61.2 Å². The number of benzene rings is 1. The van der Waals surface area contributed by atoms with Gasteiger partial charge in [0.25, 0.3) is 5.91 Å². The van der Waals surface area contributed by atoms with Crippen LogP contribution in [0.15, 0.2) is 48.5 Å². The zero-order valence-corrected chi connectivity index (χ0v) is 21.1. The van der Waals surface area contributed by atoms with Crippen LogP contribution in [0.1, 0.15) is 37.7 Å². The van der Waals surface area contributed by atoms with Crippen LogP contribution < -0.4 is 10.6 Å². The van der Waals surface area contributed by atoms with Gasteiger partial charge >= 0.3 is 19.1 Å². The molecule has 1 fully saturated rings. The highest BCUT2D eigenvalue weighted by molar-refractivity contribution is 6.50. The first-order valence-corrected chi connectivity index (χ1v) is 12.1. The van der Waals surface area contributed by atoms with Gasteiger partial charge in [-0.25, -0.2) is 9.78 Å². The molecule has 0 aliphatic carbocycles. The summed E-state index contributed by atoms with van der Waals surface area (Å²) >= 11 is 0. The van der Waals surface area contributed by atoms with E-state index in [0.29, 0.717) is 5.69 Å². The van der Waals surface area contributed by atoms with E-state index in [0.717, 1.165) is 5.56 Å². The van der Waals surface area contributed by atoms with E-state index in [9.17, 15) is 34.5 Å². The van der Waals surface area contributed by atoms with E-state index in [1.54, 1.807) is 12.1 Å². The number of rotatable bonds is 10. The molecule has 0 saturated carbocycles. The molecule has 2 aromatic rings. The standard InChI is InChI=1S/C25H30BN3O9/c1-13(2)12-18(26-37-21(24(34)35)20(31)25(36)38-26)28-23(33)19(14(3)30)29-22(32)17-11-7-10-16(27-17)15-8-5-4-6-9-15/h4-11,13-14,18-21,30-31H,12H2,1-3H3,(H,28,33)(H,29,32)(H,34,35)/t14?,18?,19?,20-,21+/m0/s1. The summed E-state index contributed by atoms with van der Waals surface area (Å²) in [5.74, 6) is -5.43. The van der Waals surface area contributed by atoms with Gasteiger partial charge in [0.15, 0.2) is 12.2 Å². The number of aliphatic carboxylic acids is 1. The largest absolute Gasteiger partial charge is 0.552 e. The SMILES string of the molecule is CC(C)CC(NC(=O)C(NC(=O)c1cccc(-c2ccccc2)n1)C(C)O)B1OC(=O)[C@@H](O)[C@H](C(=O)O)O1.